The van der Waals surface area contributed by atoms with E-state index >= 15 is 0 Å². The fourth-order valence-electron chi connectivity index (χ4n) is 11.0. The Balaban J connectivity index is 0.995. The summed E-state index contributed by atoms with van der Waals surface area (Å²) < 4.78 is 9.34. The van der Waals surface area contributed by atoms with E-state index in [1.165, 1.54) is 123 Å². The van der Waals surface area contributed by atoms with Crippen molar-refractivity contribution in [3.05, 3.63) is 218 Å². The van der Waals surface area contributed by atoms with E-state index in [9.17, 15) is 0 Å². The molecule has 0 saturated heterocycles. The van der Waals surface area contributed by atoms with Gasteiger partial charge in [-0.2, -0.15) is 0 Å². The first kappa shape index (κ1) is 35.8. The molecule has 2 heterocycles. The second-order valence-corrected chi connectivity index (χ2v) is 19.3. The third kappa shape index (κ3) is 5.19. The number of fused-ring (bicyclic) bond motifs is 12. The van der Waals surface area contributed by atoms with Crippen molar-refractivity contribution >= 4 is 110 Å². The van der Waals surface area contributed by atoms with Gasteiger partial charge in [0.15, 0.2) is 0 Å². The average Bonchev–Trinajstić information content (AvgIpc) is 3.93. The molecule has 14 rings (SSSR count). The Morgan fingerprint density at radius 3 is 1.39 bits per heavy atom. The molecule has 0 unspecified atom stereocenters. The number of hydrogen-bond donors (Lipinski definition) is 0. The summed E-state index contributed by atoms with van der Waals surface area (Å²) in [6.45, 7) is 0. The molecule has 0 N–H and O–H groups in total. The van der Waals surface area contributed by atoms with Gasteiger partial charge in [-0.15, -0.1) is 0 Å². The Morgan fingerprint density at radius 2 is 0.766 bits per heavy atom. The number of furan rings is 1. The van der Waals surface area contributed by atoms with Gasteiger partial charge in [-0.1, -0.05) is 30.3 Å². The first-order chi connectivity index (χ1) is 31.8. The van der Waals surface area contributed by atoms with E-state index in [1.54, 1.807) is 0 Å². The number of benzene rings is 12. The van der Waals surface area contributed by atoms with Crippen LogP contribution in [0.4, 0.5) is 0 Å². The zero-order valence-electron chi connectivity index (χ0n) is 34.6. The SMILES string of the molecule is c1ccc(-c2c3ccccc3c(-c3ccc4c(c3)[se]c3cccc(-c5c6ccccc6c(-c6ccc7oc8ccc9ccccc9c8c7c6)c6ccccc56)c34)c3ccccc23)cc1. The molecule has 12 aromatic carbocycles. The van der Waals surface area contributed by atoms with Crippen molar-refractivity contribution in [3.63, 3.8) is 0 Å². The summed E-state index contributed by atoms with van der Waals surface area (Å²) in [7, 11) is 0. The third-order valence-electron chi connectivity index (χ3n) is 13.6. The molecule has 2 heteroatoms. The Bertz CT molecular complexity index is 4130. The first-order valence-corrected chi connectivity index (χ1v) is 23.7. The van der Waals surface area contributed by atoms with E-state index in [4.69, 9.17) is 4.42 Å². The molecule has 0 aliphatic rings. The summed E-state index contributed by atoms with van der Waals surface area (Å²) in [6.07, 6.45) is 0. The maximum atomic E-state index is 6.47. The second kappa shape index (κ2) is 13.9. The molecule has 0 bridgehead atoms. The van der Waals surface area contributed by atoms with Gasteiger partial charge < -0.3 is 0 Å². The van der Waals surface area contributed by atoms with Crippen LogP contribution in [0.15, 0.2) is 223 Å². The quantitative estimate of drug-likeness (QED) is 0.127. The number of hydrogen-bond acceptors (Lipinski definition) is 1. The molecule has 1 nitrogen and oxygen atoms in total. The Hall–Kier alpha value is -7.74. The summed E-state index contributed by atoms with van der Waals surface area (Å²) >= 11 is 0.144. The van der Waals surface area contributed by atoms with Crippen LogP contribution in [0.3, 0.4) is 0 Å². The van der Waals surface area contributed by atoms with Gasteiger partial charge >= 0.3 is 335 Å². The summed E-state index contributed by atoms with van der Waals surface area (Å²) in [5.41, 5.74) is 12.0. The molecule has 2 aromatic heterocycles. The van der Waals surface area contributed by atoms with Gasteiger partial charge in [-0.3, -0.25) is 0 Å². The van der Waals surface area contributed by atoms with Gasteiger partial charge in [0, 0.05) is 0 Å². The second-order valence-electron chi connectivity index (χ2n) is 17.0. The van der Waals surface area contributed by atoms with Crippen LogP contribution in [0.25, 0.3) is 140 Å². The Morgan fingerprint density at radius 1 is 0.266 bits per heavy atom. The molecule has 0 aliphatic heterocycles. The minimum atomic E-state index is 0.144. The van der Waals surface area contributed by atoms with Gasteiger partial charge in [-0.05, 0) is 11.5 Å². The monoisotopic (exact) mass is 876 g/mol. The summed E-state index contributed by atoms with van der Waals surface area (Å²) in [4.78, 5) is 0. The van der Waals surface area contributed by atoms with Gasteiger partial charge in [0.05, 0.1) is 0 Å². The van der Waals surface area contributed by atoms with Crippen LogP contribution in [-0.4, -0.2) is 14.5 Å². The summed E-state index contributed by atoms with van der Waals surface area (Å²) in [5.74, 6) is 0. The van der Waals surface area contributed by atoms with Crippen molar-refractivity contribution in [2.75, 3.05) is 0 Å². The van der Waals surface area contributed by atoms with Crippen molar-refractivity contribution in [1.29, 1.82) is 0 Å². The maximum absolute atomic E-state index is 6.47. The van der Waals surface area contributed by atoms with Crippen LogP contribution in [0, 0.1) is 0 Å². The molecule has 14 aromatic rings. The molecular formula is C62H36OSe. The fraction of sp³-hybridized carbons (Fsp3) is 0. The molecule has 0 atom stereocenters. The molecule has 0 fully saturated rings. The Labute approximate surface area is 374 Å². The minimum absolute atomic E-state index is 0.144. The van der Waals surface area contributed by atoms with Gasteiger partial charge in [0.1, 0.15) is 0 Å². The topological polar surface area (TPSA) is 13.1 Å². The van der Waals surface area contributed by atoms with Crippen LogP contribution in [0.5, 0.6) is 0 Å². The van der Waals surface area contributed by atoms with Crippen LogP contribution in [0.2, 0.25) is 0 Å². The van der Waals surface area contributed by atoms with E-state index in [2.05, 4.69) is 218 Å². The zero-order valence-corrected chi connectivity index (χ0v) is 36.3. The zero-order chi connectivity index (χ0) is 41.9. The molecule has 0 spiro atoms. The van der Waals surface area contributed by atoms with E-state index in [0.29, 0.717) is 0 Å². The van der Waals surface area contributed by atoms with E-state index < -0.39 is 0 Å². The van der Waals surface area contributed by atoms with Crippen molar-refractivity contribution in [3.8, 4) is 44.5 Å². The first-order valence-electron chi connectivity index (χ1n) is 22.0. The molecule has 0 amide bonds. The molecular weight excluding hydrogens is 840 g/mol. The standard InChI is InChI=1S/C62H36OSe/c1-2-16-38(17-3-1)57-42-19-6-8-21-44(42)59(45-22-9-7-20-43(45)57)40-29-32-50-56(36-40)64-55-28-14-27-51(62(50)55)60-48-25-12-10-23-46(48)58(47-24-11-13-26-49(47)60)39-31-33-53-52(35-39)61-41-18-5-4-15-37(41)30-34-54(61)63-53/h1-36H. The van der Waals surface area contributed by atoms with E-state index in [1.807, 2.05) is 0 Å². The third-order valence-corrected chi connectivity index (χ3v) is 16.0. The fourth-order valence-corrected chi connectivity index (χ4v) is 13.4. The molecule has 0 radical (unpaired) electrons. The van der Waals surface area contributed by atoms with Crippen molar-refractivity contribution < 1.29 is 4.42 Å². The van der Waals surface area contributed by atoms with Crippen LogP contribution in [-0.2, 0) is 0 Å². The molecule has 0 aliphatic carbocycles. The molecule has 64 heavy (non-hydrogen) atoms. The van der Waals surface area contributed by atoms with Crippen LogP contribution < -0.4 is 0 Å². The summed E-state index contributed by atoms with van der Waals surface area (Å²) in [5, 5.41) is 17.7. The predicted molar refractivity (Wildman–Crippen MR) is 275 cm³/mol. The van der Waals surface area contributed by atoms with Gasteiger partial charge in [0.25, 0.3) is 0 Å². The van der Waals surface area contributed by atoms with E-state index in [-0.39, 0.29) is 14.5 Å². The van der Waals surface area contributed by atoms with Crippen molar-refractivity contribution in [1.82, 2.24) is 0 Å². The summed E-state index contributed by atoms with van der Waals surface area (Å²) in [6, 6.07) is 80.9. The van der Waals surface area contributed by atoms with Crippen molar-refractivity contribution in [2.24, 2.45) is 0 Å². The molecule has 0 saturated carbocycles. The number of rotatable bonds is 4. The van der Waals surface area contributed by atoms with Gasteiger partial charge in [0.2, 0.25) is 0 Å². The Kier molecular flexibility index (Phi) is 7.77. The average molecular weight is 876 g/mol. The van der Waals surface area contributed by atoms with Crippen LogP contribution >= 0.6 is 0 Å². The van der Waals surface area contributed by atoms with Crippen molar-refractivity contribution in [2.45, 2.75) is 0 Å². The van der Waals surface area contributed by atoms with Crippen LogP contribution in [0.1, 0.15) is 0 Å². The molecule has 296 valence electrons. The predicted octanol–water partition coefficient (Wildman–Crippen LogP) is 17.4. The van der Waals surface area contributed by atoms with E-state index in [0.717, 1.165) is 16.6 Å². The van der Waals surface area contributed by atoms with Gasteiger partial charge in [-0.25, -0.2) is 0 Å². The normalized spacial score (nSPS) is 12.1.